The Morgan fingerprint density at radius 1 is 0.889 bits per heavy atom. The highest BCUT2D eigenvalue weighted by molar-refractivity contribution is 8.00. The minimum atomic E-state index is -0.474. The molecule has 0 spiro atoms. The first-order chi connectivity index (χ1) is 21.9. The van der Waals surface area contributed by atoms with E-state index >= 15 is 0 Å². The summed E-state index contributed by atoms with van der Waals surface area (Å²) >= 11 is 2.68. The highest BCUT2D eigenvalue weighted by Gasteiger charge is 2.16. The molecule has 1 aromatic heterocycles. The van der Waals surface area contributed by atoms with Crippen LogP contribution in [0.15, 0.2) is 119 Å². The van der Waals surface area contributed by atoms with Crippen molar-refractivity contribution >= 4 is 57.7 Å². The summed E-state index contributed by atoms with van der Waals surface area (Å²) in [7, 11) is 1.61. The molecule has 0 aliphatic rings. The van der Waals surface area contributed by atoms with Gasteiger partial charge in [0.15, 0.2) is 5.13 Å². The van der Waals surface area contributed by atoms with Crippen molar-refractivity contribution in [2.24, 2.45) is 0 Å². The van der Waals surface area contributed by atoms with E-state index < -0.39 is 11.8 Å². The molecule has 226 valence electrons. The summed E-state index contributed by atoms with van der Waals surface area (Å²) in [6.45, 7) is 1.94. The Bertz CT molecular complexity index is 1850. The molecule has 0 bridgehead atoms. The van der Waals surface area contributed by atoms with Crippen LogP contribution in [-0.4, -0.2) is 35.6 Å². The molecule has 0 atom stereocenters. The second-order valence-corrected chi connectivity index (χ2v) is 11.7. The fraction of sp³-hybridized carbons (Fsp3) is 0.0857. The Morgan fingerprint density at radius 2 is 1.67 bits per heavy atom. The molecule has 0 aliphatic carbocycles. The van der Waals surface area contributed by atoms with Gasteiger partial charge in [-0.05, 0) is 66.6 Å². The summed E-state index contributed by atoms with van der Waals surface area (Å²) in [6.07, 6.45) is 1.66. The zero-order chi connectivity index (χ0) is 31.6. The largest absolute Gasteiger partial charge is 0.497 e. The first kappa shape index (κ1) is 31.2. The number of aryl methyl sites for hydroxylation is 1. The Labute approximate surface area is 269 Å². The van der Waals surface area contributed by atoms with Crippen LogP contribution >= 0.6 is 23.1 Å². The summed E-state index contributed by atoms with van der Waals surface area (Å²) < 4.78 is 5.28. The van der Waals surface area contributed by atoms with Crippen LogP contribution < -0.4 is 20.7 Å². The van der Waals surface area contributed by atoms with Gasteiger partial charge in [0.25, 0.3) is 11.8 Å². The minimum Gasteiger partial charge on any atom is -0.497 e. The van der Waals surface area contributed by atoms with Gasteiger partial charge in [-0.15, -0.1) is 23.1 Å². The van der Waals surface area contributed by atoms with Gasteiger partial charge in [0, 0.05) is 27.1 Å². The molecule has 0 unspecified atom stereocenters. The molecule has 5 rings (SSSR count). The smallest absolute Gasteiger partial charge is 0.272 e. The number of thioether (sulfide) groups is 1. The van der Waals surface area contributed by atoms with E-state index in [4.69, 9.17) is 4.74 Å². The van der Waals surface area contributed by atoms with E-state index in [1.54, 1.807) is 55.7 Å². The molecule has 3 N–H and O–H groups in total. The second-order valence-electron chi connectivity index (χ2n) is 9.82. The Balaban J connectivity index is 1.22. The zero-order valence-corrected chi connectivity index (χ0v) is 26.2. The average Bonchev–Trinajstić information content (AvgIpc) is 3.53. The monoisotopic (exact) mass is 634 g/mol. The number of hydrogen-bond donors (Lipinski definition) is 3. The molecule has 0 saturated carbocycles. The van der Waals surface area contributed by atoms with Crippen LogP contribution in [0.25, 0.3) is 17.3 Å². The number of benzene rings is 4. The summed E-state index contributed by atoms with van der Waals surface area (Å²) in [6, 6.07) is 31.1. The number of carbonyl (C=O) groups excluding carboxylic acids is 3. The van der Waals surface area contributed by atoms with Crippen molar-refractivity contribution in [2.75, 3.05) is 23.5 Å². The van der Waals surface area contributed by atoms with Gasteiger partial charge in [0.05, 0.1) is 18.6 Å². The number of nitrogens with zero attached hydrogens (tertiary/aromatic N) is 1. The molecule has 0 saturated heterocycles. The maximum absolute atomic E-state index is 13.4. The molecular weight excluding hydrogens is 605 g/mol. The fourth-order valence-electron chi connectivity index (χ4n) is 4.26. The summed E-state index contributed by atoms with van der Waals surface area (Å²) in [5.41, 5.74) is 4.49. The predicted molar refractivity (Wildman–Crippen MR) is 182 cm³/mol. The van der Waals surface area contributed by atoms with E-state index in [1.165, 1.54) is 23.1 Å². The van der Waals surface area contributed by atoms with Crippen molar-refractivity contribution in [3.05, 3.63) is 131 Å². The van der Waals surface area contributed by atoms with Crippen molar-refractivity contribution in [1.29, 1.82) is 0 Å². The number of rotatable bonds is 11. The van der Waals surface area contributed by atoms with Gasteiger partial charge < -0.3 is 20.7 Å². The number of aromatic nitrogens is 1. The first-order valence-electron chi connectivity index (χ1n) is 14.0. The number of anilines is 2. The molecule has 1 heterocycles. The highest BCUT2D eigenvalue weighted by atomic mass is 32.2. The molecular formula is C35H30N4O4S2. The number of methoxy groups -OCH3 is 1. The Hall–Kier alpha value is -5.19. The number of nitrogens with one attached hydrogen (secondary N) is 3. The van der Waals surface area contributed by atoms with Crippen LogP contribution in [0, 0.1) is 6.92 Å². The lowest BCUT2D eigenvalue weighted by Gasteiger charge is -2.13. The van der Waals surface area contributed by atoms with Gasteiger partial charge in [-0.25, -0.2) is 4.98 Å². The Kier molecular flexibility index (Phi) is 10.4. The van der Waals surface area contributed by atoms with Crippen molar-refractivity contribution in [3.8, 4) is 17.0 Å². The van der Waals surface area contributed by atoms with Crippen LogP contribution in [-0.2, 0) is 9.59 Å². The standard InChI is InChI=1S/C35H30N4O4S2/c1-23-10-6-7-13-25(23)19-30(37-33(41)24-11-4-3-5-12-24)34(42)36-27-15-9-17-29(20-27)44-22-32(40)39-35-38-31(21-45-35)26-14-8-16-28(18-26)43-2/h3-21H,22H2,1-2H3,(H,36,42)(H,37,41)(H,38,39,40)/b30-19-. The minimum absolute atomic E-state index is 0.104. The number of thiazole rings is 1. The molecule has 0 fully saturated rings. The van der Waals surface area contributed by atoms with Gasteiger partial charge in [0.2, 0.25) is 5.91 Å². The van der Waals surface area contributed by atoms with Crippen molar-refractivity contribution in [3.63, 3.8) is 0 Å². The molecule has 10 heteroatoms. The molecule has 0 radical (unpaired) electrons. The van der Waals surface area contributed by atoms with E-state index in [2.05, 4.69) is 20.9 Å². The molecule has 8 nitrogen and oxygen atoms in total. The topological polar surface area (TPSA) is 109 Å². The van der Waals surface area contributed by atoms with Gasteiger partial charge in [-0.2, -0.15) is 0 Å². The van der Waals surface area contributed by atoms with Crippen molar-refractivity contribution < 1.29 is 19.1 Å². The number of carbonyl (C=O) groups is 3. The third-order valence-electron chi connectivity index (χ3n) is 6.59. The molecule has 45 heavy (non-hydrogen) atoms. The van der Waals surface area contributed by atoms with E-state index in [-0.39, 0.29) is 17.4 Å². The van der Waals surface area contributed by atoms with Crippen LogP contribution in [0.2, 0.25) is 0 Å². The Morgan fingerprint density at radius 3 is 2.47 bits per heavy atom. The van der Waals surface area contributed by atoms with Gasteiger partial charge in [-0.1, -0.05) is 60.7 Å². The SMILES string of the molecule is COc1cccc(-c2csc(NC(=O)CSc3cccc(NC(=O)/C(=C/c4ccccc4C)NC(=O)c4ccccc4)c3)n2)c1. The van der Waals surface area contributed by atoms with Crippen LogP contribution in [0.1, 0.15) is 21.5 Å². The summed E-state index contributed by atoms with van der Waals surface area (Å²) in [5.74, 6) is -0.184. The number of ether oxygens (including phenoxy) is 1. The maximum atomic E-state index is 13.4. The lowest BCUT2D eigenvalue weighted by molar-refractivity contribution is -0.114. The van der Waals surface area contributed by atoms with Crippen LogP contribution in [0.5, 0.6) is 5.75 Å². The van der Waals surface area contributed by atoms with E-state index in [0.29, 0.717) is 16.4 Å². The third-order valence-corrected chi connectivity index (χ3v) is 8.35. The lowest BCUT2D eigenvalue weighted by Crippen LogP contribution is -2.30. The van der Waals surface area contributed by atoms with Gasteiger partial charge in [-0.3, -0.25) is 14.4 Å². The van der Waals surface area contributed by atoms with Crippen molar-refractivity contribution in [2.45, 2.75) is 11.8 Å². The molecule has 5 aromatic rings. The average molecular weight is 635 g/mol. The summed E-state index contributed by atoms with van der Waals surface area (Å²) in [4.78, 5) is 44.4. The lowest BCUT2D eigenvalue weighted by atomic mass is 10.1. The van der Waals surface area contributed by atoms with E-state index in [1.807, 2.05) is 73.0 Å². The molecule has 3 amide bonds. The molecule has 4 aromatic carbocycles. The quantitative estimate of drug-likeness (QED) is 0.104. The molecule has 0 aliphatic heterocycles. The van der Waals surface area contributed by atoms with Crippen LogP contribution in [0.3, 0.4) is 0 Å². The van der Waals surface area contributed by atoms with E-state index in [9.17, 15) is 14.4 Å². The number of hydrogen-bond acceptors (Lipinski definition) is 7. The van der Waals surface area contributed by atoms with Gasteiger partial charge in [0.1, 0.15) is 11.4 Å². The van der Waals surface area contributed by atoms with Gasteiger partial charge >= 0.3 is 0 Å². The highest BCUT2D eigenvalue weighted by Crippen LogP contribution is 2.28. The zero-order valence-electron chi connectivity index (χ0n) is 24.6. The predicted octanol–water partition coefficient (Wildman–Crippen LogP) is 7.27. The maximum Gasteiger partial charge on any atom is 0.272 e. The number of amides is 3. The summed E-state index contributed by atoms with van der Waals surface area (Å²) in [5, 5.41) is 10.9. The fourth-order valence-corrected chi connectivity index (χ4v) is 5.75. The normalized spacial score (nSPS) is 11.0. The van der Waals surface area contributed by atoms with Crippen molar-refractivity contribution in [1.82, 2.24) is 10.3 Å². The van der Waals surface area contributed by atoms with E-state index in [0.717, 1.165) is 33.0 Å². The second kappa shape index (κ2) is 15.0. The third kappa shape index (κ3) is 8.69. The first-order valence-corrected chi connectivity index (χ1v) is 15.8. The van der Waals surface area contributed by atoms with Crippen LogP contribution in [0.4, 0.5) is 10.8 Å².